The van der Waals surface area contributed by atoms with Crippen molar-refractivity contribution in [2.75, 3.05) is 6.54 Å². The highest BCUT2D eigenvalue weighted by Crippen LogP contribution is 2.23. The Morgan fingerprint density at radius 1 is 1.19 bits per heavy atom. The van der Waals surface area contributed by atoms with Crippen molar-refractivity contribution in [3.63, 3.8) is 0 Å². The number of rotatable bonds is 1. The third-order valence-electron chi connectivity index (χ3n) is 3.03. The van der Waals surface area contributed by atoms with Gasteiger partial charge in [-0.05, 0) is 41.8 Å². The van der Waals surface area contributed by atoms with Gasteiger partial charge in [0.2, 0.25) is 0 Å². The maximum Gasteiger partial charge on any atom is 0.0347 e. The molecule has 2 heterocycles. The monoisotopic (exact) mass is 209 g/mol. The predicted molar refractivity (Wildman–Crippen MR) is 63.9 cm³/mol. The average Bonchev–Trinajstić information content (AvgIpc) is 2.39. The number of nitrogens with one attached hydrogen (secondary N) is 1. The normalized spacial score (nSPS) is 14.5. The molecule has 0 fully saturated rings. The Hall–Kier alpha value is -1.67. The van der Waals surface area contributed by atoms with Crippen molar-refractivity contribution < 1.29 is 0 Å². The highest BCUT2D eigenvalue weighted by Gasteiger charge is 2.09. The molecule has 0 unspecified atom stereocenters. The van der Waals surface area contributed by atoms with E-state index in [1.165, 1.54) is 16.7 Å². The van der Waals surface area contributed by atoms with Crippen LogP contribution in [0.25, 0.3) is 11.1 Å². The van der Waals surface area contributed by atoms with E-state index in [0.717, 1.165) is 25.1 Å². The quantitative estimate of drug-likeness (QED) is 0.778. The molecule has 0 atom stereocenters. The van der Waals surface area contributed by atoms with Crippen LogP contribution >= 0.6 is 0 Å². The number of hydrogen-bond donors (Lipinski definition) is 1. The van der Waals surface area contributed by atoms with Crippen LogP contribution < -0.4 is 5.32 Å². The Bertz CT molecular complexity index is 491. The van der Waals surface area contributed by atoms with Gasteiger partial charge < -0.3 is 5.32 Å². The zero-order valence-corrected chi connectivity index (χ0v) is 9.03. The highest BCUT2D eigenvalue weighted by molar-refractivity contribution is 5.63. The molecule has 0 aliphatic carbocycles. The Labute approximate surface area is 95.3 Å². The number of fused-ring (bicyclic) bond motifs is 1. The van der Waals surface area contributed by atoms with Gasteiger partial charge in [0.05, 0.1) is 0 Å². The molecule has 0 bridgehead atoms. The van der Waals surface area contributed by atoms with Crippen LogP contribution in [0.1, 0.15) is 11.1 Å². The Morgan fingerprint density at radius 3 is 3.06 bits per heavy atom. The summed E-state index contributed by atoms with van der Waals surface area (Å²) in [6, 6.07) is 11.7. The van der Waals surface area contributed by atoms with E-state index >= 15 is 0 Å². The van der Waals surface area contributed by atoms with Crippen LogP contribution in [0.4, 0.5) is 0 Å². The smallest absolute Gasteiger partial charge is 0.0347 e. The first-order valence-electron chi connectivity index (χ1n) is 5.57. The second-order valence-corrected chi connectivity index (χ2v) is 4.08. The van der Waals surface area contributed by atoms with Gasteiger partial charge in [0.25, 0.3) is 0 Å². The van der Waals surface area contributed by atoms with Crippen molar-refractivity contribution in [1.82, 2.24) is 10.3 Å². The van der Waals surface area contributed by atoms with E-state index in [1.54, 1.807) is 6.20 Å². The number of benzene rings is 1. The molecule has 2 nitrogen and oxygen atoms in total. The minimum absolute atomic E-state index is 0.979. The summed E-state index contributed by atoms with van der Waals surface area (Å²) in [4.78, 5) is 4.10. The molecule has 1 aliphatic heterocycles. The minimum atomic E-state index is 0.979. The van der Waals surface area contributed by atoms with Gasteiger partial charge in [0.1, 0.15) is 0 Å². The molecule has 1 aromatic heterocycles. The number of pyridine rings is 1. The number of nitrogens with zero attached hydrogens (tertiary/aromatic N) is 1. The van der Waals surface area contributed by atoms with Crippen molar-refractivity contribution in [1.29, 1.82) is 0 Å². The van der Waals surface area contributed by atoms with E-state index in [-0.39, 0.29) is 0 Å². The third kappa shape index (κ3) is 1.72. The zero-order chi connectivity index (χ0) is 10.8. The fourth-order valence-corrected chi connectivity index (χ4v) is 2.14. The summed E-state index contributed by atoms with van der Waals surface area (Å²) in [6.07, 6.45) is 4.70. The highest BCUT2D eigenvalue weighted by atomic mass is 14.9. The topological polar surface area (TPSA) is 24.9 Å². The Morgan fingerprint density at radius 2 is 2.19 bits per heavy atom. The molecule has 1 aromatic carbocycles. The standard InChI is InChI=1S/C14H13N2/c1-2-13(9-15-6-1)12-4-3-11-5-7-16-10-14(11)8-12/h2-4,6,8-9,16H,5,7,10H2. The molecular weight excluding hydrogens is 196 g/mol. The van der Waals surface area contributed by atoms with E-state index in [4.69, 9.17) is 0 Å². The fraction of sp³-hybridized carbons (Fsp3) is 0.214. The van der Waals surface area contributed by atoms with Gasteiger partial charge in [-0.1, -0.05) is 12.1 Å². The predicted octanol–water partition coefficient (Wildman–Crippen LogP) is 2.19. The minimum Gasteiger partial charge on any atom is -0.312 e. The molecule has 1 aliphatic rings. The van der Waals surface area contributed by atoms with E-state index < -0.39 is 0 Å². The first-order valence-corrected chi connectivity index (χ1v) is 5.57. The molecule has 2 heteroatoms. The lowest BCUT2D eigenvalue weighted by atomic mass is 9.96. The van der Waals surface area contributed by atoms with Crippen LogP contribution in [0, 0.1) is 6.07 Å². The molecule has 1 radical (unpaired) electrons. The molecule has 0 saturated heterocycles. The van der Waals surface area contributed by atoms with Gasteiger partial charge in [0.15, 0.2) is 0 Å². The SMILES string of the molecule is [c]1cncc(-c2ccc3c(c2)CNCC3)c1. The first kappa shape index (κ1) is 9.55. The van der Waals surface area contributed by atoms with Crippen molar-refractivity contribution >= 4 is 0 Å². The molecule has 1 N–H and O–H groups in total. The summed E-state index contributed by atoms with van der Waals surface area (Å²) in [5.41, 5.74) is 5.24. The van der Waals surface area contributed by atoms with E-state index in [0.29, 0.717) is 0 Å². The van der Waals surface area contributed by atoms with E-state index in [1.807, 2.05) is 12.3 Å². The van der Waals surface area contributed by atoms with Crippen LogP contribution in [0.15, 0.2) is 36.7 Å². The fourth-order valence-electron chi connectivity index (χ4n) is 2.14. The summed E-state index contributed by atoms with van der Waals surface area (Å²) in [7, 11) is 0. The summed E-state index contributed by atoms with van der Waals surface area (Å²) < 4.78 is 0. The van der Waals surface area contributed by atoms with E-state index in [2.05, 4.69) is 34.6 Å². The molecule has 0 spiro atoms. The average molecular weight is 209 g/mol. The van der Waals surface area contributed by atoms with Crippen molar-refractivity contribution in [3.8, 4) is 11.1 Å². The van der Waals surface area contributed by atoms with Crippen LogP contribution in [0.5, 0.6) is 0 Å². The number of hydrogen-bond acceptors (Lipinski definition) is 2. The molecule has 0 amide bonds. The van der Waals surface area contributed by atoms with Crippen LogP contribution in [0.2, 0.25) is 0 Å². The maximum absolute atomic E-state index is 4.10. The Kier molecular flexibility index (Phi) is 2.43. The molecule has 79 valence electrons. The van der Waals surface area contributed by atoms with Gasteiger partial charge >= 0.3 is 0 Å². The lowest BCUT2D eigenvalue weighted by Crippen LogP contribution is -2.23. The number of aromatic nitrogens is 1. The van der Waals surface area contributed by atoms with Crippen molar-refractivity contribution in [2.45, 2.75) is 13.0 Å². The zero-order valence-electron chi connectivity index (χ0n) is 9.03. The van der Waals surface area contributed by atoms with Crippen molar-refractivity contribution in [2.24, 2.45) is 0 Å². The largest absolute Gasteiger partial charge is 0.312 e. The lowest BCUT2D eigenvalue weighted by Gasteiger charge is -2.17. The van der Waals surface area contributed by atoms with Crippen LogP contribution in [0.3, 0.4) is 0 Å². The Balaban J connectivity index is 2.03. The molecule has 16 heavy (non-hydrogen) atoms. The first-order chi connectivity index (χ1) is 7.93. The van der Waals surface area contributed by atoms with Gasteiger partial charge in [-0.2, -0.15) is 0 Å². The summed E-state index contributed by atoms with van der Waals surface area (Å²) in [5, 5.41) is 3.40. The molecule has 0 saturated carbocycles. The molecular formula is C14H13N2. The summed E-state index contributed by atoms with van der Waals surface area (Å²) in [6.45, 7) is 2.07. The van der Waals surface area contributed by atoms with Gasteiger partial charge in [-0.25, -0.2) is 0 Å². The van der Waals surface area contributed by atoms with Gasteiger partial charge in [-0.15, -0.1) is 0 Å². The second-order valence-electron chi connectivity index (χ2n) is 4.08. The van der Waals surface area contributed by atoms with Gasteiger partial charge in [-0.3, -0.25) is 4.98 Å². The van der Waals surface area contributed by atoms with E-state index in [9.17, 15) is 0 Å². The second kappa shape index (κ2) is 4.06. The van der Waals surface area contributed by atoms with Crippen LogP contribution in [-0.4, -0.2) is 11.5 Å². The van der Waals surface area contributed by atoms with Gasteiger partial charge in [0, 0.05) is 30.6 Å². The molecule has 2 aromatic rings. The summed E-state index contributed by atoms with van der Waals surface area (Å²) in [5.74, 6) is 0. The van der Waals surface area contributed by atoms with Crippen molar-refractivity contribution in [3.05, 3.63) is 53.9 Å². The van der Waals surface area contributed by atoms with Crippen LogP contribution in [-0.2, 0) is 13.0 Å². The third-order valence-corrected chi connectivity index (χ3v) is 3.03. The summed E-state index contributed by atoms with van der Waals surface area (Å²) >= 11 is 0. The molecule has 3 rings (SSSR count). The lowest BCUT2D eigenvalue weighted by molar-refractivity contribution is 0.644. The maximum atomic E-state index is 4.10.